The fourth-order valence-electron chi connectivity index (χ4n) is 5.46. The Morgan fingerprint density at radius 1 is 0.921 bits per heavy atom. The Morgan fingerprint density at radius 2 is 1.58 bits per heavy atom. The van der Waals surface area contributed by atoms with E-state index in [1.165, 1.54) is 16.7 Å². The van der Waals surface area contributed by atoms with Crippen LogP contribution < -0.4 is 10.6 Å². The van der Waals surface area contributed by atoms with Crippen molar-refractivity contribution >= 4 is 23.4 Å². The summed E-state index contributed by atoms with van der Waals surface area (Å²) in [5, 5.41) is 7.09. The first kappa shape index (κ1) is 26.4. The van der Waals surface area contributed by atoms with E-state index in [4.69, 9.17) is 11.6 Å². The molecule has 3 unspecified atom stereocenters. The minimum absolute atomic E-state index is 0.0310. The predicted molar refractivity (Wildman–Crippen MR) is 151 cm³/mol. The van der Waals surface area contributed by atoms with Crippen molar-refractivity contribution in [3.8, 4) is 0 Å². The Kier molecular flexibility index (Phi) is 8.42. The number of carbonyl (C=O) groups excluding carboxylic acids is 2. The van der Waals surface area contributed by atoms with Crippen LogP contribution in [0.4, 0.5) is 0 Å². The Bertz CT molecular complexity index is 1240. The summed E-state index contributed by atoms with van der Waals surface area (Å²) < 4.78 is 0. The Hall–Kier alpha value is -3.19. The third-order valence-corrected chi connectivity index (χ3v) is 8.07. The molecule has 2 aliphatic heterocycles. The SMILES string of the molecule is CC(c1ccccc1)N1CCN(C(=O)C(Cc2ccc(Cl)cc2)NC(=O)C2Cc3ccccc3CN2)CC1. The highest BCUT2D eigenvalue weighted by atomic mass is 35.5. The molecule has 3 aromatic rings. The maximum absolute atomic E-state index is 13.8. The Labute approximate surface area is 230 Å². The number of nitrogens with one attached hydrogen (secondary N) is 2. The summed E-state index contributed by atoms with van der Waals surface area (Å²) in [6.07, 6.45) is 1.03. The predicted octanol–water partition coefficient (Wildman–Crippen LogP) is 3.99. The highest BCUT2D eigenvalue weighted by molar-refractivity contribution is 6.30. The quantitative estimate of drug-likeness (QED) is 0.485. The summed E-state index contributed by atoms with van der Waals surface area (Å²) in [7, 11) is 0. The summed E-state index contributed by atoms with van der Waals surface area (Å²) in [5.74, 6) is -0.167. The third-order valence-electron chi connectivity index (χ3n) is 7.82. The van der Waals surface area contributed by atoms with Gasteiger partial charge in [0.15, 0.2) is 0 Å². The zero-order chi connectivity index (χ0) is 26.5. The topological polar surface area (TPSA) is 64.7 Å². The Balaban J connectivity index is 1.26. The van der Waals surface area contributed by atoms with Crippen molar-refractivity contribution in [1.29, 1.82) is 0 Å². The van der Waals surface area contributed by atoms with Gasteiger partial charge in [0.25, 0.3) is 0 Å². The van der Waals surface area contributed by atoms with E-state index in [0.717, 1.165) is 18.7 Å². The van der Waals surface area contributed by atoms with Gasteiger partial charge in [-0.1, -0.05) is 78.3 Å². The van der Waals surface area contributed by atoms with Gasteiger partial charge in [0.2, 0.25) is 11.8 Å². The fraction of sp³-hybridized carbons (Fsp3) is 0.355. The number of hydrogen-bond acceptors (Lipinski definition) is 4. The molecule has 38 heavy (non-hydrogen) atoms. The van der Waals surface area contributed by atoms with Crippen LogP contribution >= 0.6 is 11.6 Å². The van der Waals surface area contributed by atoms with Gasteiger partial charge in [-0.15, -0.1) is 0 Å². The van der Waals surface area contributed by atoms with Crippen LogP contribution in [0.5, 0.6) is 0 Å². The number of halogens is 1. The molecule has 2 heterocycles. The molecule has 7 heteroatoms. The molecule has 5 rings (SSSR count). The molecular formula is C31H35ClN4O2. The maximum atomic E-state index is 13.8. The lowest BCUT2D eigenvalue weighted by Gasteiger charge is -2.39. The average Bonchev–Trinajstić information content (AvgIpc) is 2.97. The minimum Gasteiger partial charge on any atom is -0.343 e. The summed E-state index contributed by atoms with van der Waals surface area (Å²) in [6.45, 7) is 5.72. The Morgan fingerprint density at radius 3 is 2.29 bits per heavy atom. The highest BCUT2D eigenvalue weighted by Gasteiger charge is 2.32. The lowest BCUT2D eigenvalue weighted by Crippen LogP contribution is -2.58. The fourth-order valence-corrected chi connectivity index (χ4v) is 5.59. The van der Waals surface area contributed by atoms with Crippen LogP contribution in [0, 0.1) is 0 Å². The molecule has 3 aromatic carbocycles. The van der Waals surface area contributed by atoms with Crippen LogP contribution in [-0.2, 0) is 29.0 Å². The first-order chi connectivity index (χ1) is 18.5. The largest absolute Gasteiger partial charge is 0.343 e. The van der Waals surface area contributed by atoms with Gasteiger partial charge in [0.05, 0.1) is 6.04 Å². The standard InChI is InChI=1S/C31H35ClN4O2/c1-22(24-7-3-2-4-8-24)35-15-17-36(18-16-35)31(38)29(19-23-11-13-27(32)14-12-23)34-30(37)28-20-25-9-5-6-10-26(25)21-33-28/h2-14,22,28-29,33H,15-21H2,1H3,(H,34,37). The molecule has 1 fully saturated rings. The van der Waals surface area contributed by atoms with Crippen molar-refractivity contribution in [3.63, 3.8) is 0 Å². The molecule has 1 saturated heterocycles. The smallest absolute Gasteiger partial charge is 0.245 e. The highest BCUT2D eigenvalue weighted by Crippen LogP contribution is 2.22. The van der Waals surface area contributed by atoms with Gasteiger partial charge in [-0.2, -0.15) is 0 Å². The maximum Gasteiger partial charge on any atom is 0.245 e. The summed E-state index contributed by atoms with van der Waals surface area (Å²) in [4.78, 5) is 31.5. The zero-order valence-corrected chi connectivity index (χ0v) is 22.5. The number of rotatable bonds is 7. The van der Waals surface area contributed by atoms with Crippen LogP contribution in [0.3, 0.4) is 0 Å². The number of fused-ring (bicyclic) bond motifs is 1. The van der Waals surface area contributed by atoms with Gasteiger partial charge in [-0.3, -0.25) is 14.5 Å². The molecule has 0 saturated carbocycles. The average molecular weight is 531 g/mol. The van der Waals surface area contributed by atoms with Crippen molar-refractivity contribution in [3.05, 3.63) is 106 Å². The summed E-state index contributed by atoms with van der Waals surface area (Å²) in [5.41, 5.74) is 4.64. The summed E-state index contributed by atoms with van der Waals surface area (Å²) >= 11 is 6.09. The molecule has 0 radical (unpaired) electrons. The second kappa shape index (κ2) is 12.1. The number of carbonyl (C=O) groups is 2. The van der Waals surface area contributed by atoms with Gasteiger partial charge in [-0.25, -0.2) is 0 Å². The van der Waals surface area contributed by atoms with E-state index >= 15 is 0 Å². The van der Waals surface area contributed by atoms with E-state index in [9.17, 15) is 9.59 Å². The van der Waals surface area contributed by atoms with Crippen LogP contribution in [0.2, 0.25) is 5.02 Å². The van der Waals surface area contributed by atoms with E-state index < -0.39 is 6.04 Å². The lowest BCUT2D eigenvalue weighted by molar-refractivity contribution is -0.138. The third kappa shape index (κ3) is 6.26. The molecule has 2 N–H and O–H groups in total. The first-order valence-electron chi connectivity index (χ1n) is 13.4. The van der Waals surface area contributed by atoms with E-state index in [2.05, 4.69) is 58.9 Å². The van der Waals surface area contributed by atoms with Crippen LogP contribution in [0.15, 0.2) is 78.9 Å². The number of amides is 2. The summed E-state index contributed by atoms with van der Waals surface area (Å²) in [6, 6.07) is 25.4. The van der Waals surface area contributed by atoms with Crippen molar-refractivity contribution in [2.75, 3.05) is 26.2 Å². The lowest BCUT2D eigenvalue weighted by atomic mass is 9.95. The van der Waals surface area contributed by atoms with E-state index in [1.807, 2.05) is 47.4 Å². The normalized spacial score (nSPS) is 19.3. The van der Waals surface area contributed by atoms with Crippen molar-refractivity contribution in [1.82, 2.24) is 20.4 Å². The molecule has 0 spiro atoms. The first-order valence-corrected chi connectivity index (χ1v) is 13.8. The molecule has 2 aliphatic rings. The number of benzene rings is 3. The molecule has 2 amide bonds. The van der Waals surface area contributed by atoms with Crippen molar-refractivity contribution < 1.29 is 9.59 Å². The van der Waals surface area contributed by atoms with Crippen LogP contribution in [-0.4, -0.2) is 59.9 Å². The zero-order valence-electron chi connectivity index (χ0n) is 21.8. The van der Waals surface area contributed by atoms with Crippen LogP contribution in [0.25, 0.3) is 0 Å². The second-order valence-electron chi connectivity index (χ2n) is 10.2. The molecule has 0 bridgehead atoms. The van der Waals surface area contributed by atoms with Crippen LogP contribution in [0.1, 0.15) is 35.2 Å². The second-order valence-corrected chi connectivity index (χ2v) is 10.7. The monoisotopic (exact) mass is 530 g/mol. The number of nitrogens with zero attached hydrogens (tertiary/aromatic N) is 2. The van der Waals surface area contributed by atoms with E-state index in [-0.39, 0.29) is 17.9 Å². The van der Waals surface area contributed by atoms with E-state index in [1.54, 1.807) is 0 Å². The number of hydrogen-bond donors (Lipinski definition) is 2. The van der Waals surface area contributed by atoms with Gasteiger partial charge in [0.1, 0.15) is 6.04 Å². The van der Waals surface area contributed by atoms with Gasteiger partial charge in [0, 0.05) is 50.2 Å². The molecule has 6 nitrogen and oxygen atoms in total. The van der Waals surface area contributed by atoms with Crippen molar-refractivity contribution in [2.45, 2.75) is 44.4 Å². The number of piperazine rings is 1. The molecule has 0 aromatic heterocycles. The van der Waals surface area contributed by atoms with Gasteiger partial charge < -0.3 is 15.5 Å². The van der Waals surface area contributed by atoms with E-state index in [0.29, 0.717) is 43.5 Å². The van der Waals surface area contributed by atoms with Crippen molar-refractivity contribution in [2.24, 2.45) is 0 Å². The van der Waals surface area contributed by atoms with Gasteiger partial charge in [-0.05, 0) is 47.7 Å². The molecule has 3 atom stereocenters. The molecular weight excluding hydrogens is 496 g/mol. The molecule has 198 valence electrons. The molecule has 0 aliphatic carbocycles. The van der Waals surface area contributed by atoms with Gasteiger partial charge >= 0.3 is 0 Å². The minimum atomic E-state index is -0.638.